The summed E-state index contributed by atoms with van der Waals surface area (Å²) >= 11 is 3.03. The lowest BCUT2D eigenvalue weighted by atomic mass is 10.2. The minimum Gasteiger partial charge on any atom is -0.493 e. The molecule has 0 aliphatic carbocycles. The van der Waals surface area contributed by atoms with Crippen molar-refractivity contribution in [2.75, 3.05) is 25.3 Å². The third kappa shape index (κ3) is 4.24. The second kappa shape index (κ2) is 9.14. The van der Waals surface area contributed by atoms with Crippen LogP contribution in [0, 0.1) is 0 Å². The first-order valence-corrected chi connectivity index (χ1v) is 10.9. The second-order valence-corrected chi connectivity index (χ2v) is 8.39. The predicted molar refractivity (Wildman–Crippen MR) is 118 cm³/mol. The van der Waals surface area contributed by atoms with E-state index in [0.717, 1.165) is 27.2 Å². The molecule has 0 atom stereocenters. The van der Waals surface area contributed by atoms with Gasteiger partial charge in [-0.1, -0.05) is 35.4 Å². The van der Waals surface area contributed by atoms with Crippen LogP contribution >= 0.6 is 23.1 Å². The van der Waals surface area contributed by atoms with Crippen LogP contribution in [0.15, 0.2) is 47.4 Å². The highest BCUT2D eigenvalue weighted by atomic mass is 32.2. The number of tetrazole rings is 1. The van der Waals surface area contributed by atoms with Crippen molar-refractivity contribution >= 4 is 45.0 Å². The maximum Gasteiger partial charge on any atom is 0.270 e. The Balaban J connectivity index is 1.68. The number of amides is 1. The SMILES string of the molecule is COc1cc2sc(C(=O)Nc3nn[nH]n3)c(SCCc3ccccc3)c2cc1OC. The number of nitrogens with zero attached hydrogens (tertiary/aromatic N) is 3. The van der Waals surface area contributed by atoms with E-state index in [-0.39, 0.29) is 11.9 Å². The Morgan fingerprint density at radius 3 is 2.63 bits per heavy atom. The molecule has 154 valence electrons. The van der Waals surface area contributed by atoms with Crippen LogP contribution in [0.1, 0.15) is 15.2 Å². The highest BCUT2D eigenvalue weighted by Gasteiger charge is 2.22. The molecule has 0 radical (unpaired) electrons. The van der Waals surface area contributed by atoms with Gasteiger partial charge < -0.3 is 9.47 Å². The lowest BCUT2D eigenvalue weighted by Gasteiger charge is -2.08. The van der Waals surface area contributed by atoms with Gasteiger partial charge in [-0.2, -0.15) is 5.21 Å². The van der Waals surface area contributed by atoms with E-state index in [2.05, 4.69) is 38.1 Å². The minimum atomic E-state index is -0.280. The minimum absolute atomic E-state index is 0.132. The van der Waals surface area contributed by atoms with Crippen LogP contribution < -0.4 is 14.8 Å². The molecule has 8 nitrogen and oxygen atoms in total. The lowest BCUT2D eigenvalue weighted by molar-refractivity contribution is 0.102. The number of rotatable bonds is 8. The van der Waals surface area contributed by atoms with E-state index in [9.17, 15) is 4.79 Å². The largest absolute Gasteiger partial charge is 0.493 e. The number of carbonyl (C=O) groups is 1. The summed E-state index contributed by atoms with van der Waals surface area (Å²) in [6.07, 6.45) is 0.891. The summed E-state index contributed by atoms with van der Waals surface area (Å²) in [7, 11) is 3.19. The number of anilines is 1. The lowest BCUT2D eigenvalue weighted by Crippen LogP contribution is -2.12. The third-order valence-electron chi connectivity index (χ3n) is 4.41. The van der Waals surface area contributed by atoms with Crippen molar-refractivity contribution in [3.63, 3.8) is 0 Å². The standard InChI is InChI=1S/C20H19N5O3S2/c1-27-14-10-13-16(11-15(14)28-2)30-18(19(26)21-20-22-24-25-23-20)17(13)29-9-8-12-6-4-3-5-7-12/h3-7,10-11H,8-9H2,1-2H3,(H2,21,22,23,24,25,26). The molecule has 0 bridgehead atoms. The molecule has 0 fully saturated rings. The number of nitrogens with one attached hydrogen (secondary N) is 2. The Labute approximate surface area is 181 Å². The Bertz CT molecular complexity index is 1150. The number of ether oxygens (including phenoxy) is 2. The Hall–Kier alpha value is -3.11. The molecular weight excluding hydrogens is 422 g/mol. The Kier molecular flexibility index (Phi) is 6.15. The molecule has 0 aliphatic rings. The van der Waals surface area contributed by atoms with Crippen LogP contribution in [0.25, 0.3) is 10.1 Å². The summed E-state index contributed by atoms with van der Waals surface area (Å²) in [5.41, 5.74) is 1.25. The monoisotopic (exact) mass is 441 g/mol. The van der Waals surface area contributed by atoms with E-state index in [1.165, 1.54) is 16.9 Å². The van der Waals surface area contributed by atoms with Crippen molar-refractivity contribution in [2.45, 2.75) is 11.3 Å². The van der Waals surface area contributed by atoms with Gasteiger partial charge in [-0.25, -0.2) is 0 Å². The average molecular weight is 442 g/mol. The van der Waals surface area contributed by atoms with E-state index < -0.39 is 0 Å². The summed E-state index contributed by atoms with van der Waals surface area (Å²) in [5.74, 6) is 1.92. The smallest absolute Gasteiger partial charge is 0.270 e. The highest BCUT2D eigenvalue weighted by Crippen LogP contribution is 2.43. The normalized spacial score (nSPS) is 10.9. The summed E-state index contributed by atoms with van der Waals surface area (Å²) in [5, 5.41) is 17.0. The zero-order chi connectivity index (χ0) is 20.9. The molecule has 0 aliphatic heterocycles. The number of carbonyl (C=O) groups excluding carboxylic acids is 1. The first-order chi connectivity index (χ1) is 14.7. The van der Waals surface area contributed by atoms with E-state index in [1.807, 2.05) is 30.3 Å². The molecule has 30 heavy (non-hydrogen) atoms. The number of hydrogen-bond donors (Lipinski definition) is 2. The van der Waals surface area contributed by atoms with Crippen LogP contribution in [0.2, 0.25) is 0 Å². The number of aromatic nitrogens is 4. The van der Waals surface area contributed by atoms with Crippen LogP contribution in [-0.4, -0.2) is 46.5 Å². The van der Waals surface area contributed by atoms with Crippen molar-refractivity contribution in [3.05, 3.63) is 52.9 Å². The molecule has 10 heteroatoms. The molecule has 0 unspecified atom stereocenters. The van der Waals surface area contributed by atoms with Crippen molar-refractivity contribution < 1.29 is 14.3 Å². The Morgan fingerprint density at radius 2 is 1.93 bits per heavy atom. The fourth-order valence-corrected chi connectivity index (χ4v) is 5.44. The average Bonchev–Trinajstić information content (AvgIpc) is 3.41. The van der Waals surface area contributed by atoms with Gasteiger partial charge in [0.15, 0.2) is 11.5 Å². The van der Waals surface area contributed by atoms with Crippen LogP contribution in [0.3, 0.4) is 0 Å². The molecule has 2 aromatic carbocycles. The number of thioether (sulfide) groups is 1. The summed E-state index contributed by atoms with van der Waals surface area (Å²) in [4.78, 5) is 14.4. The number of hydrogen-bond acceptors (Lipinski definition) is 8. The molecule has 0 saturated heterocycles. The van der Waals surface area contributed by atoms with E-state index in [0.29, 0.717) is 16.4 Å². The van der Waals surface area contributed by atoms with Gasteiger partial charge in [0.1, 0.15) is 4.88 Å². The van der Waals surface area contributed by atoms with E-state index >= 15 is 0 Å². The number of aryl methyl sites for hydroxylation is 1. The Morgan fingerprint density at radius 1 is 1.17 bits per heavy atom. The highest BCUT2D eigenvalue weighted by molar-refractivity contribution is 7.99. The van der Waals surface area contributed by atoms with E-state index in [4.69, 9.17) is 9.47 Å². The zero-order valence-electron chi connectivity index (χ0n) is 16.3. The first kappa shape index (κ1) is 20.2. The number of fused-ring (bicyclic) bond motifs is 1. The molecule has 2 N–H and O–H groups in total. The number of aromatic amines is 1. The van der Waals surface area contributed by atoms with Crippen LogP contribution in [0.4, 0.5) is 5.95 Å². The van der Waals surface area contributed by atoms with Crippen molar-refractivity contribution in [3.8, 4) is 11.5 Å². The van der Waals surface area contributed by atoms with Gasteiger partial charge in [0, 0.05) is 26.8 Å². The molecule has 0 saturated carbocycles. The van der Waals surface area contributed by atoms with Gasteiger partial charge in [-0.05, 0) is 23.3 Å². The summed E-state index contributed by atoms with van der Waals surface area (Å²) < 4.78 is 11.8. The third-order valence-corrected chi connectivity index (χ3v) is 6.81. The van der Waals surface area contributed by atoms with Crippen LogP contribution in [-0.2, 0) is 6.42 Å². The predicted octanol–water partition coefficient (Wildman–Crippen LogP) is 4.02. The number of H-pyrrole nitrogens is 1. The summed E-state index contributed by atoms with van der Waals surface area (Å²) in [6, 6.07) is 14.1. The molecule has 1 amide bonds. The first-order valence-electron chi connectivity index (χ1n) is 9.09. The van der Waals surface area contributed by atoms with Gasteiger partial charge >= 0.3 is 0 Å². The van der Waals surface area contributed by atoms with Crippen LogP contribution in [0.5, 0.6) is 11.5 Å². The van der Waals surface area contributed by atoms with Gasteiger partial charge in [0.25, 0.3) is 11.9 Å². The number of benzene rings is 2. The van der Waals surface area contributed by atoms with Crippen molar-refractivity contribution in [2.24, 2.45) is 0 Å². The number of methoxy groups -OCH3 is 2. The van der Waals surface area contributed by atoms with Gasteiger partial charge in [-0.3, -0.25) is 10.1 Å². The fraction of sp³-hybridized carbons (Fsp3) is 0.200. The zero-order valence-corrected chi connectivity index (χ0v) is 18.0. The fourth-order valence-electron chi connectivity index (χ4n) is 2.98. The van der Waals surface area contributed by atoms with Gasteiger partial charge in [0.2, 0.25) is 0 Å². The van der Waals surface area contributed by atoms with Gasteiger partial charge in [-0.15, -0.1) is 28.2 Å². The molecule has 2 heterocycles. The van der Waals surface area contributed by atoms with Crippen molar-refractivity contribution in [1.29, 1.82) is 0 Å². The molecule has 4 aromatic rings. The number of thiophene rings is 1. The molecule has 4 rings (SSSR count). The van der Waals surface area contributed by atoms with E-state index in [1.54, 1.807) is 26.0 Å². The second-order valence-electron chi connectivity index (χ2n) is 6.24. The molecule has 0 spiro atoms. The van der Waals surface area contributed by atoms with Crippen molar-refractivity contribution in [1.82, 2.24) is 20.6 Å². The maximum absolute atomic E-state index is 12.9. The quantitative estimate of drug-likeness (QED) is 0.398. The topological polar surface area (TPSA) is 102 Å². The maximum atomic E-state index is 12.9. The van der Waals surface area contributed by atoms with Gasteiger partial charge in [0.05, 0.1) is 14.2 Å². The summed E-state index contributed by atoms with van der Waals surface area (Å²) in [6.45, 7) is 0. The molecular formula is C20H19N5O3S2. The molecule has 2 aromatic heterocycles.